The number of rotatable bonds is 7. The SMILES string of the molecule is CC(C)(C)c1cccc(N[NH+]([O-])C2CCc3ccc(Oc4ccnc(-c5ncc(CO)[nH]5)c4)cc3C2)c1. The van der Waals surface area contributed by atoms with Crippen LogP contribution in [0.1, 0.15) is 49.6 Å². The van der Waals surface area contributed by atoms with Crippen LogP contribution in [0.4, 0.5) is 5.69 Å². The van der Waals surface area contributed by atoms with Crippen LogP contribution in [0.3, 0.4) is 0 Å². The minimum absolute atomic E-state index is 0.0246. The van der Waals surface area contributed by atoms with Crippen molar-refractivity contribution >= 4 is 5.69 Å². The van der Waals surface area contributed by atoms with Gasteiger partial charge in [-0.1, -0.05) is 39.0 Å². The predicted molar refractivity (Wildman–Crippen MR) is 143 cm³/mol. The fourth-order valence-corrected chi connectivity index (χ4v) is 4.64. The molecule has 1 aliphatic rings. The third-order valence-corrected chi connectivity index (χ3v) is 6.78. The summed E-state index contributed by atoms with van der Waals surface area (Å²) in [7, 11) is 0. The molecule has 2 atom stereocenters. The maximum atomic E-state index is 13.1. The van der Waals surface area contributed by atoms with Crippen LogP contribution >= 0.6 is 0 Å². The first-order valence-corrected chi connectivity index (χ1v) is 12.6. The fraction of sp³-hybridized carbons (Fsp3) is 0.310. The number of ether oxygens (including phenoxy) is 1. The van der Waals surface area contributed by atoms with Gasteiger partial charge in [0.1, 0.15) is 23.2 Å². The van der Waals surface area contributed by atoms with Gasteiger partial charge in [-0.25, -0.2) is 10.4 Å². The Labute approximate surface area is 216 Å². The van der Waals surface area contributed by atoms with Crippen molar-refractivity contribution in [1.82, 2.24) is 15.0 Å². The van der Waals surface area contributed by atoms with E-state index in [9.17, 15) is 10.3 Å². The molecule has 4 N–H and O–H groups in total. The average molecular weight is 500 g/mol. The number of hydroxylamine groups is 1. The van der Waals surface area contributed by atoms with E-state index in [1.165, 1.54) is 11.1 Å². The van der Waals surface area contributed by atoms with E-state index in [0.29, 0.717) is 35.1 Å². The summed E-state index contributed by atoms with van der Waals surface area (Å²) >= 11 is 0. The molecule has 0 spiro atoms. The van der Waals surface area contributed by atoms with Gasteiger partial charge in [0.05, 0.1) is 24.2 Å². The second-order valence-corrected chi connectivity index (χ2v) is 10.6. The first kappa shape index (κ1) is 25.0. The molecule has 8 nitrogen and oxygen atoms in total. The number of aliphatic hydroxyl groups excluding tert-OH is 1. The van der Waals surface area contributed by atoms with Crippen LogP contribution in [0.2, 0.25) is 0 Å². The van der Waals surface area contributed by atoms with Crippen LogP contribution in [-0.4, -0.2) is 26.1 Å². The zero-order valence-electron chi connectivity index (χ0n) is 21.4. The summed E-state index contributed by atoms with van der Waals surface area (Å²) < 4.78 is 6.14. The molecule has 2 aromatic carbocycles. The number of benzene rings is 2. The van der Waals surface area contributed by atoms with Crippen LogP contribution in [0.15, 0.2) is 67.0 Å². The lowest BCUT2D eigenvalue weighted by Gasteiger charge is -2.35. The van der Waals surface area contributed by atoms with Crippen LogP contribution in [0.25, 0.3) is 11.5 Å². The van der Waals surface area contributed by atoms with E-state index in [1.807, 2.05) is 24.3 Å². The number of hydrogen-bond donors (Lipinski definition) is 4. The Morgan fingerprint density at radius 3 is 2.70 bits per heavy atom. The van der Waals surface area contributed by atoms with Crippen molar-refractivity contribution in [2.75, 3.05) is 5.43 Å². The molecule has 0 aliphatic heterocycles. The van der Waals surface area contributed by atoms with E-state index in [-0.39, 0.29) is 23.2 Å². The quantitative estimate of drug-likeness (QED) is 0.282. The van der Waals surface area contributed by atoms with Gasteiger partial charge in [0.2, 0.25) is 0 Å². The molecular formula is C29H33N5O3. The number of nitrogens with zero attached hydrogens (tertiary/aromatic N) is 2. The first-order chi connectivity index (χ1) is 17.8. The number of aliphatic hydroxyl groups is 1. The van der Waals surface area contributed by atoms with Crippen molar-refractivity contribution in [1.29, 1.82) is 0 Å². The molecule has 1 aliphatic carbocycles. The Morgan fingerprint density at radius 2 is 1.92 bits per heavy atom. The largest absolute Gasteiger partial charge is 0.608 e. The van der Waals surface area contributed by atoms with Crippen LogP contribution < -0.4 is 15.3 Å². The van der Waals surface area contributed by atoms with Crippen molar-refractivity contribution in [3.05, 3.63) is 94.6 Å². The Balaban J connectivity index is 1.27. The highest BCUT2D eigenvalue weighted by molar-refractivity contribution is 5.53. The first-order valence-electron chi connectivity index (χ1n) is 12.6. The van der Waals surface area contributed by atoms with E-state index in [0.717, 1.165) is 24.1 Å². The summed E-state index contributed by atoms with van der Waals surface area (Å²) in [6.45, 7) is 6.40. The van der Waals surface area contributed by atoms with Gasteiger partial charge in [-0.2, -0.15) is 0 Å². The topological polar surface area (TPSA) is 111 Å². The molecule has 37 heavy (non-hydrogen) atoms. The lowest BCUT2D eigenvalue weighted by atomic mass is 9.87. The van der Waals surface area contributed by atoms with Crippen molar-refractivity contribution in [2.24, 2.45) is 0 Å². The summed E-state index contributed by atoms with van der Waals surface area (Å²) in [5.41, 5.74) is 8.85. The van der Waals surface area contributed by atoms with E-state index >= 15 is 0 Å². The van der Waals surface area contributed by atoms with Crippen LogP contribution in [0, 0.1) is 5.21 Å². The molecule has 2 unspecified atom stereocenters. The molecule has 2 heterocycles. The van der Waals surface area contributed by atoms with Gasteiger partial charge in [-0.05, 0) is 58.9 Å². The number of imidazole rings is 1. The third kappa shape index (κ3) is 5.83. The summed E-state index contributed by atoms with van der Waals surface area (Å²) in [5.74, 6) is 1.92. The molecule has 0 fully saturated rings. The van der Waals surface area contributed by atoms with Gasteiger partial charge < -0.3 is 20.0 Å². The second-order valence-electron chi connectivity index (χ2n) is 10.6. The van der Waals surface area contributed by atoms with Crippen LogP contribution in [-0.2, 0) is 24.9 Å². The van der Waals surface area contributed by atoms with E-state index < -0.39 is 0 Å². The number of aromatic nitrogens is 3. The second kappa shape index (κ2) is 10.3. The number of pyridine rings is 1. The smallest absolute Gasteiger partial charge is 0.156 e. The van der Waals surface area contributed by atoms with Crippen molar-refractivity contribution in [3.63, 3.8) is 0 Å². The van der Waals surface area contributed by atoms with Crippen LogP contribution in [0.5, 0.6) is 11.5 Å². The minimum atomic E-state index is -0.110. The summed E-state index contributed by atoms with van der Waals surface area (Å²) in [5, 5.41) is 22.5. The van der Waals surface area contributed by atoms with Gasteiger partial charge >= 0.3 is 0 Å². The highest BCUT2D eigenvalue weighted by Gasteiger charge is 2.25. The highest BCUT2D eigenvalue weighted by Crippen LogP contribution is 2.29. The van der Waals surface area contributed by atoms with Gasteiger partial charge in [0.15, 0.2) is 5.82 Å². The van der Waals surface area contributed by atoms with Crippen molar-refractivity contribution in [2.45, 2.75) is 58.1 Å². The average Bonchev–Trinajstić information content (AvgIpc) is 3.38. The van der Waals surface area contributed by atoms with Gasteiger partial charge in [-0.15, -0.1) is 0 Å². The highest BCUT2D eigenvalue weighted by atomic mass is 16.5. The summed E-state index contributed by atoms with van der Waals surface area (Å²) in [4.78, 5) is 11.7. The Hall–Kier alpha value is -3.72. The van der Waals surface area contributed by atoms with Crippen molar-refractivity contribution in [3.8, 4) is 23.0 Å². The van der Waals surface area contributed by atoms with E-state index in [1.54, 1.807) is 24.5 Å². The molecule has 0 bridgehead atoms. The number of fused-ring (bicyclic) bond motifs is 1. The minimum Gasteiger partial charge on any atom is -0.608 e. The molecule has 4 aromatic rings. The lowest BCUT2D eigenvalue weighted by Crippen LogP contribution is -3.15. The third-order valence-electron chi connectivity index (χ3n) is 6.78. The summed E-state index contributed by atoms with van der Waals surface area (Å²) in [6.07, 6.45) is 5.61. The standard InChI is InChI=1S/C29H33N5O3/c1-29(2,3)21-5-4-6-22(15-21)33-34(36)24-9-7-19-8-10-25(14-20(19)13-24)37-26-11-12-30-27(16-26)28-31-17-23(18-35)32-28/h4-6,8,10-12,14-17,24,33-35H,7,9,13,18H2,1-3H3,(H,31,32). The number of anilines is 1. The Bertz CT molecular complexity index is 1380. The zero-order chi connectivity index (χ0) is 26.0. The number of aryl methyl sites for hydroxylation is 1. The Kier molecular flexibility index (Phi) is 6.97. The molecule has 0 radical (unpaired) electrons. The number of H-pyrrole nitrogens is 1. The maximum Gasteiger partial charge on any atom is 0.156 e. The molecule has 0 saturated carbocycles. The predicted octanol–water partition coefficient (Wildman–Crippen LogP) is 4.32. The lowest BCUT2D eigenvalue weighted by molar-refractivity contribution is -0.853. The van der Waals surface area contributed by atoms with Gasteiger partial charge in [0, 0.05) is 25.1 Å². The molecule has 192 valence electrons. The van der Waals surface area contributed by atoms with E-state index in [2.05, 4.69) is 59.3 Å². The van der Waals surface area contributed by atoms with Gasteiger partial charge in [-0.3, -0.25) is 10.2 Å². The number of quaternary nitrogens is 1. The number of nitrogens with one attached hydrogen (secondary N) is 3. The normalized spacial score (nSPS) is 16.2. The van der Waals surface area contributed by atoms with Crippen molar-refractivity contribution < 1.29 is 15.0 Å². The number of aromatic amines is 1. The number of hydrogen-bond acceptors (Lipinski definition) is 6. The monoisotopic (exact) mass is 499 g/mol. The summed E-state index contributed by atoms with van der Waals surface area (Å²) in [6, 6.07) is 17.7. The molecule has 5 rings (SSSR count). The maximum absolute atomic E-state index is 13.1. The molecule has 8 heteroatoms. The van der Waals surface area contributed by atoms with E-state index in [4.69, 9.17) is 4.74 Å². The zero-order valence-corrected chi connectivity index (χ0v) is 21.4. The molecular weight excluding hydrogens is 466 g/mol. The Morgan fingerprint density at radius 1 is 1.08 bits per heavy atom. The molecule has 0 saturated heterocycles. The molecule has 0 amide bonds. The fourth-order valence-electron chi connectivity index (χ4n) is 4.64. The molecule has 2 aromatic heterocycles. The van der Waals surface area contributed by atoms with Gasteiger partial charge in [0.25, 0.3) is 0 Å².